The molecule has 0 spiro atoms. The average molecular weight is 299 g/mol. The zero-order chi connectivity index (χ0) is 13.9. The molecule has 6 nitrogen and oxygen atoms in total. The third-order valence-corrected chi connectivity index (χ3v) is 4.83. The first-order valence-corrected chi connectivity index (χ1v) is 7.52. The van der Waals surface area contributed by atoms with Crippen molar-refractivity contribution in [1.82, 2.24) is 5.39 Å². The molecule has 2 N–H and O–H groups in total. The zero-order valence-corrected chi connectivity index (χ0v) is 11.6. The molecule has 0 unspecified atom stereocenters. The van der Waals surface area contributed by atoms with Gasteiger partial charge in [-0.1, -0.05) is 30.3 Å². The van der Waals surface area contributed by atoms with Gasteiger partial charge in [0.2, 0.25) is 0 Å². The van der Waals surface area contributed by atoms with Crippen LogP contribution in [0.25, 0.3) is 0 Å². The van der Waals surface area contributed by atoms with Crippen LogP contribution < -0.4 is 0 Å². The minimum absolute atomic E-state index is 0.0614. The molecule has 2 heterocycles. The molecule has 1 aromatic rings. The van der Waals surface area contributed by atoms with E-state index in [1.165, 1.54) is 5.56 Å². The number of benzene rings is 1. The van der Waals surface area contributed by atoms with Crippen molar-refractivity contribution in [2.45, 2.75) is 29.3 Å². The van der Waals surface area contributed by atoms with Crippen molar-refractivity contribution < 1.29 is 24.7 Å². The van der Waals surface area contributed by atoms with Gasteiger partial charge < -0.3 is 9.47 Å². The highest BCUT2D eigenvalue weighted by Gasteiger charge is 2.49. The monoisotopic (exact) mass is 299 g/mol. The lowest BCUT2D eigenvalue weighted by atomic mass is 10.1. The molecule has 2 aliphatic heterocycles. The van der Waals surface area contributed by atoms with E-state index < -0.39 is 6.10 Å². The Balaban J connectivity index is 1.53. The first-order valence-electron chi connectivity index (χ1n) is 6.47. The van der Waals surface area contributed by atoms with Gasteiger partial charge in [-0.05, 0) is 5.56 Å². The number of hydrogen-bond acceptors (Lipinski definition) is 7. The fourth-order valence-corrected chi connectivity index (χ4v) is 3.76. The number of fused-ring (bicyclic) bond motifs is 1. The van der Waals surface area contributed by atoms with Crippen LogP contribution in [-0.2, 0) is 20.1 Å². The van der Waals surface area contributed by atoms with E-state index in [1.807, 2.05) is 18.2 Å². The van der Waals surface area contributed by atoms with Gasteiger partial charge in [0.1, 0.15) is 18.3 Å². The van der Waals surface area contributed by atoms with E-state index in [0.717, 1.165) is 5.75 Å². The van der Waals surface area contributed by atoms with Crippen molar-refractivity contribution in [1.29, 1.82) is 0 Å². The Hall–Kier alpha value is -0.670. The van der Waals surface area contributed by atoms with Gasteiger partial charge >= 0.3 is 0 Å². The summed E-state index contributed by atoms with van der Waals surface area (Å²) in [5.41, 5.74) is 1.27. The van der Waals surface area contributed by atoms with Crippen molar-refractivity contribution in [3.05, 3.63) is 35.9 Å². The lowest BCUT2D eigenvalue weighted by molar-refractivity contribution is -0.507. The van der Waals surface area contributed by atoms with E-state index in [4.69, 9.17) is 24.7 Å². The van der Waals surface area contributed by atoms with Gasteiger partial charge in [0, 0.05) is 5.75 Å². The first-order chi connectivity index (χ1) is 9.74. The molecule has 0 bridgehead atoms. The number of thioether (sulfide) groups is 1. The van der Waals surface area contributed by atoms with E-state index in [2.05, 4.69) is 12.1 Å². The number of ether oxygens (including phenoxy) is 2. The third-order valence-electron chi connectivity index (χ3n) is 3.50. The fraction of sp³-hybridized carbons (Fsp3) is 0.538. The summed E-state index contributed by atoms with van der Waals surface area (Å²) in [6.07, 6.45) is -0.781. The molecule has 7 heteroatoms. The molecule has 4 atom stereocenters. The van der Waals surface area contributed by atoms with Crippen molar-refractivity contribution in [3.63, 3.8) is 0 Å². The van der Waals surface area contributed by atoms with Crippen LogP contribution in [0.3, 0.4) is 0 Å². The van der Waals surface area contributed by atoms with Crippen molar-refractivity contribution in [2.24, 2.45) is 0 Å². The van der Waals surface area contributed by atoms with Crippen LogP contribution in [0.2, 0.25) is 0 Å². The Morgan fingerprint density at radius 1 is 1.15 bits per heavy atom. The number of nitrogens with zero attached hydrogens (tertiary/aromatic N) is 1. The van der Waals surface area contributed by atoms with Crippen LogP contribution in [0.5, 0.6) is 0 Å². The van der Waals surface area contributed by atoms with Gasteiger partial charge in [0.25, 0.3) is 0 Å². The Bertz CT molecular complexity index is 432. The summed E-state index contributed by atoms with van der Waals surface area (Å²) in [7, 11) is 0. The topological polar surface area (TPSA) is 71.4 Å². The molecular weight excluding hydrogens is 282 g/mol. The van der Waals surface area contributed by atoms with E-state index >= 15 is 0 Å². The minimum Gasteiger partial charge on any atom is -0.371 e. The molecule has 0 saturated carbocycles. The first kappa shape index (κ1) is 14.3. The standard InChI is InChI=1S/C13H17NO5S/c15-14(16)19-10-6-17-13-11(7-18-12(10)13)20-8-9-4-2-1-3-5-9/h1-5,10-13,15-16H,6-8H2/t10-,11+,12-,13-/m1/s1. The second-order valence-electron chi connectivity index (χ2n) is 4.83. The normalized spacial score (nSPS) is 32.8. The average Bonchev–Trinajstić information content (AvgIpc) is 3.01. The largest absolute Gasteiger partial charge is 0.371 e. The summed E-state index contributed by atoms with van der Waals surface area (Å²) in [6.45, 7) is 0.888. The van der Waals surface area contributed by atoms with E-state index in [0.29, 0.717) is 13.2 Å². The lowest BCUT2D eigenvalue weighted by Gasteiger charge is -2.17. The van der Waals surface area contributed by atoms with Crippen LogP contribution in [0.1, 0.15) is 5.56 Å². The van der Waals surface area contributed by atoms with Gasteiger partial charge in [-0.3, -0.25) is 10.4 Å². The van der Waals surface area contributed by atoms with Crippen LogP contribution in [0, 0.1) is 0 Å². The summed E-state index contributed by atoms with van der Waals surface area (Å²) in [4.78, 5) is 4.82. The molecule has 0 aliphatic carbocycles. The second-order valence-corrected chi connectivity index (χ2v) is 6.06. The van der Waals surface area contributed by atoms with Crippen LogP contribution in [-0.4, -0.2) is 52.6 Å². The summed E-state index contributed by atoms with van der Waals surface area (Å²) in [6, 6.07) is 10.2. The van der Waals surface area contributed by atoms with E-state index in [-0.39, 0.29) is 22.8 Å². The van der Waals surface area contributed by atoms with Crippen LogP contribution in [0.4, 0.5) is 0 Å². The molecule has 0 amide bonds. The van der Waals surface area contributed by atoms with Crippen molar-refractivity contribution in [2.75, 3.05) is 13.2 Å². The maximum absolute atomic E-state index is 8.70. The molecule has 20 heavy (non-hydrogen) atoms. The molecular formula is C13H17NO5S. The third kappa shape index (κ3) is 3.15. The van der Waals surface area contributed by atoms with Crippen LogP contribution >= 0.6 is 11.8 Å². The van der Waals surface area contributed by atoms with Gasteiger partial charge in [0.15, 0.2) is 0 Å². The smallest absolute Gasteiger partial charge is 0.136 e. The van der Waals surface area contributed by atoms with Gasteiger partial charge in [-0.2, -0.15) is 0 Å². The molecule has 2 fully saturated rings. The van der Waals surface area contributed by atoms with Gasteiger partial charge in [-0.15, -0.1) is 11.8 Å². The number of rotatable bonds is 5. The van der Waals surface area contributed by atoms with Crippen LogP contribution in [0.15, 0.2) is 30.3 Å². The SMILES string of the molecule is ON(O)O[C@@H]1CO[C@H]2[C@@H]1OC[C@@H]2SCc1ccccc1. The molecule has 1 aromatic carbocycles. The highest BCUT2D eigenvalue weighted by Crippen LogP contribution is 2.36. The molecule has 0 radical (unpaired) electrons. The Labute approximate surface area is 121 Å². The second kappa shape index (κ2) is 6.40. The fourth-order valence-electron chi connectivity index (χ4n) is 2.56. The predicted molar refractivity (Wildman–Crippen MR) is 71.3 cm³/mol. The zero-order valence-electron chi connectivity index (χ0n) is 10.8. The Kier molecular flexibility index (Phi) is 4.57. The molecule has 2 aliphatic rings. The van der Waals surface area contributed by atoms with Gasteiger partial charge in [0.05, 0.1) is 23.9 Å². The summed E-state index contributed by atoms with van der Waals surface area (Å²) < 4.78 is 11.3. The highest BCUT2D eigenvalue weighted by molar-refractivity contribution is 7.99. The maximum atomic E-state index is 8.70. The van der Waals surface area contributed by atoms with Crippen molar-refractivity contribution in [3.8, 4) is 0 Å². The van der Waals surface area contributed by atoms with E-state index in [9.17, 15) is 0 Å². The lowest BCUT2D eigenvalue weighted by Crippen LogP contribution is -2.35. The molecule has 110 valence electrons. The Morgan fingerprint density at radius 3 is 2.65 bits per heavy atom. The summed E-state index contributed by atoms with van der Waals surface area (Å²) in [5.74, 6) is 0.902. The maximum Gasteiger partial charge on any atom is 0.136 e. The predicted octanol–water partition coefficient (Wildman–Crippen LogP) is 1.47. The van der Waals surface area contributed by atoms with Gasteiger partial charge in [-0.25, -0.2) is 4.84 Å². The molecule has 3 rings (SSSR count). The summed E-state index contributed by atoms with van der Waals surface area (Å²) >= 11 is 1.79. The quantitative estimate of drug-likeness (QED) is 0.798. The molecule has 0 aromatic heterocycles. The Morgan fingerprint density at radius 2 is 1.90 bits per heavy atom. The minimum atomic E-state index is -0.475. The number of hydrogen-bond donors (Lipinski definition) is 2. The molecule has 2 saturated heterocycles. The highest BCUT2D eigenvalue weighted by atomic mass is 32.2. The summed E-state index contributed by atoms with van der Waals surface area (Å²) in [5, 5.41) is 17.4. The van der Waals surface area contributed by atoms with Crippen molar-refractivity contribution >= 4 is 11.8 Å². The van der Waals surface area contributed by atoms with E-state index in [1.54, 1.807) is 11.8 Å².